The Morgan fingerprint density at radius 3 is 2.67 bits per heavy atom. The van der Waals surface area contributed by atoms with Gasteiger partial charge in [-0.1, -0.05) is 13.8 Å². The number of hydrogen-bond donors (Lipinski definition) is 1. The summed E-state index contributed by atoms with van der Waals surface area (Å²) in [6.07, 6.45) is 3.79. The Morgan fingerprint density at radius 1 is 1.50 bits per heavy atom. The normalized spacial score (nSPS) is 29.2. The Morgan fingerprint density at radius 2 is 2.25 bits per heavy atom. The van der Waals surface area contributed by atoms with Gasteiger partial charge in [0, 0.05) is 18.4 Å². The number of nitrogens with one attached hydrogen (secondary N) is 1. The van der Waals surface area contributed by atoms with Crippen molar-refractivity contribution in [2.24, 2.45) is 5.41 Å². The summed E-state index contributed by atoms with van der Waals surface area (Å²) in [4.78, 5) is 11.8. The highest BCUT2D eigenvalue weighted by Gasteiger charge is 2.37. The minimum absolute atomic E-state index is 0.00396. The lowest BCUT2D eigenvalue weighted by molar-refractivity contribution is -0.128. The van der Waals surface area contributed by atoms with Crippen LogP contribution in [0, 0.1) is 5.41 Å². The van der Waals surface area contributed by atoms with Gasteiger partial charge in [0.05, 0.1) is 0 Å². The largest absolute Gasteiger partial charge is 0.316 e. The van der Waals surface area contributed by atoms with Gasteiger partial charge in [0.25, 0.3) is 0 Å². The average molecular weight is 169 g/mol. The third-order valence-electron chi connectivity index (χ3n) is 2.99. The molecule has 1 unspecified atom stereocenters. The lowest BCUT2D eigenvalue weighted by Gasteiger charge is -2.24. The number of Topliss-reactive ketones (excluding diaryl/α,β-unsaturated/α-hetero) is 1. The fourth-order valence-corrected chi connectivity index (χ4v) is 1.97. The van der Waals surface area contributed by atoms with E-state index < -0.39 is 0 Å². The van der Waals surface area contributed by atoms with Crippen molar-refractivity contribution in [3.8, 4) is 0 Å². The molecule has 0 aliphatic carbocycles. The van der Waals surface area contributed by atoms with E-state index in [1.54, 1.807) is 0 Å². The molecule has 2 nitrogen and oxygen atoms in total. The molecule has 0 amide bonds. The number of hydrogen-bond acceptors (Lipinski definition) is 2. The second-order valence-electron chi connectivity index (χ2n) is 3.73. The number of carbonyl (C=O) groups excluding carboxylic acids is 1. The Hall–Kier alpha value is -0.370. The zero-order valence-electron chi connectivity index (χ0n) is 8.15. The molecule has 0 aromatic heterocycles. The van der Waals surface area contributed by atoms with Crippen LogP contribution >= 0.6 is 0 Å². The first-order valence-electron chi connectivity index (χ1n) is 4.99. The first-order chi connectivity index (χ1) is 5.75. The van der Waals surface area contributed by atoms with Crippen molar-refractivity contribution >= 4 is 5.78 Å². The number of rotatable bonds is 4. The van der Waals surface area contributed by atoms with Crippen molar-refractivity contribution in [2.75, 3.05) is 13.1 Å². The molecule has 1 saturated heterocycles. The van der Waals surface area contributed by atoms with Gasteiger partial charge in [-0.3, -0.25) is 4.79 Å². The van der Waals surface area contributed by atoms with Crippen LogP contribution in [0.3, 0.4) is 0 Å². The van der Waals surface area contributed by atoms with E-state index >= 15 is 0 Å². The van der Waals surface area contributed by atoms with E-state index in [-0.39, 0.29) is 5.41 Å². The molecule has 70 valence electrons. The first kappa shape index (κ1) is 9.72. The summed E-state index contributed by atoms with van der Waals surface area (Å²) in [7, 11) is 0. The minimum atomic E-state index is -0.00396. The van der Waals surface area contributed by atoms with Gasteiger partial charge in [0.1, 0.15) is 5.78 Å². The molecule has 0 spiro atoms. The van der Waals surface area contributed by atoms with Crippen LogP contribution in [0.5, 0.6) is 0 Å². The Labute approximate surface area is 74.7 Å². The van der Waals surface area contributed by atoms with Crippen LogP contribution in [-0.4, -0.2) is 18.9 Å². The summed E-state index contributed by atoms with van der Waals surface area (Å²) in [6, 6.07) is 0. The van der Waals surface area contributed by atoms with Crippen molar-refractivity contribution in [3.63, 3.8) is 0 Å². The Bertz CT molecular complexity index is 159. The third kappa shape index (κ3) is 1.69. The van der Waals surface area contributed by atoms with Gasteiger partial charge >= 0.3 is 0 Å². The van der Waals surface area contributed by atoms with E-state index in [2.05, 4.69) is 19.2 Å². The van der Waals surface area contributed by atoms with Crippen molar-refractivity contribution in [1.82, 2.24) is 5.32 Å². The molecule has 12 heavy (non-hydrogen) atoms. The van der Waals surface area contributed by atoms with Crippen LogP contribution in [0.2, 0.25) is 0 Å². The van der Waals surface area contributed by atoms with Crippen LogP contribution in [0.15, 0.2) is 0 Å². The molecule has 0 aromatic carbocycles. The summed E-state index contributed by atoms with van der Waals surface area (Å²) in [5, 5.41) is 3.28. The molecular weight excluding hydrogens is 150 g/mol. The predicted molar refractivity (Wildman–Crippen MR) is 50.1 cm³/mol. The second kappa shape index (κ2) is 4.04. The first-order valence-corrected chi connectivity index (χ1v) is 4.99. The van der Waals surface area contributed by atoms with E-state index in [1.165, 1.54) is 0 Å². The SMILES string of the molecule is CCCC(=O)C1(CC)CCNC1. The topological polar surface area (TPSA) is 29.1 Å². The lowest BCUT2D eigenvalue weighted by atomic mass is 9.78. The molecule has 0 bridgehead atoms. The van der Waals surface area contributed by atoms with Crippen molar-refractivity contribution in [1.29, 1.82) is 0 Å². The van der Waals surface area contributed by atoms with Crippen LogP contribution in [0.4, 0.5) is 0 Å². The third-order valence-corrected chi connectivity index (χ3v) is 2.99. The predicted octanol–water partition coefficient (Wildman–Crippen LogP) is 1.75. The van der Waals surface area contributed by atoms with Crippen LogP contribution < -0.4 is 5.32 Å². The fourth-order valence-electron chi connectivity index (χ4n) is 1.97. The summed E-state index contributed by atoms with van der Waals surface area (Å²) >= 11 is 0. The summed E-state index contributed by atoms with van der Waals surface area (Å²) in [6.45, 7) is 6.12. The monoisotopic (exact) mass is 169 g/mol. The molecule has 0 aromatic rings. The van der Waals surface area contributed by atoms with Gasteiger partial charge in [-0.25, -0.2) is 0 Å². The Balaban J connectivity index is 2.59. The zero-order valence-corrected chi connectivity index (χ0v) is 8.15. The highest BCUT2D eigenvalue weighted by Crippen LogP contribution is 2.31. The maximum absolute atomic E-state index is 11.8. The van der Waals surface area contributed by atoms with Crippen molar-refractivity contribution in [3.05, 3.63) is 0 Å². The fraction of sp³-hybridized carbons (Fsp3) is 0.900. The molecule has 1 fully saturated rings. The maximum Gasteiger partial charge on any atom is 0.140 e. The molecule has 1 atom stereocenters. The molecule has 0 radical (unpaired) electrons. The lowest BCUT2D eigenvalue weighted by Crippen LogP contribution is -2.32. The van der Waals surface area contributed by atoms with Gasteiger partial charge in [0.2, 0.25) is 0 Å². The molecular formula is C10H19NO. The van der Waals surface area contributed by atoms with Gasteiger partial charge in [-0.15, -0.1) is 0 Å². The second-order valence-corrected chi connectivity index (χ2v) is 3.73. The quantitative estimate of drug-likeness (QED) is 0.694. The molecule has 0 saturated carbocycles. The number of ketones is 1. The van der Waals surface area contributed by atoms with E-state index in [1.807, 2.05) is 0 Å². The van der Waals surface area contributed by atoms with Crippen molar-refractivity contribution < 1.29 is 4.79 Å². The van der Waals surface area contributed by atoms with E-state index in [0.717, 1.165) is 38.8 Å². The van der Waals surface area contributed by atoms with Gasteiger partial charge in [-0.05, 0) is 25.8 Å². The van der Waals surface area contributed by atoms with Crippen molar-refractivity contribution in [2.45, 2.75) is 39.5 Å². The highest BCUT2D eigenvalue weighted by atomic mass is 16.1. The van der Waals surface area contributed by atoms with Gasteiger partial charge in [-0.2, -0.15) is 0 Å². The van der Waals surface area contributed by atoms with E-state index in [9.17, 15) is 4.79 Å². The maximum atomic E-state index is 11.8. The molecule has 1 aliphatic rings. The summed E-state index contributed by atoms with van der Waals surface area (Å²) < 4.78 is 0. The Kier molecular flexibility index (Phi) is 3.27. The zero-order chi connectivity index (χ0) is 9.03. The average Bonchev–Trinajstić information content (AvgIpc) is 2.54. The minimum Gasteiger partial charge on any atom is -0.316 e. The van der Waals surface area contributed by atoms with Gasteiger partial charge in [0.15, 0.2) is 0 Å². The van der Waals surface area contributed by atoms with Gasteiger partial charge < -0.3 is 5.32 Å². The van der Waals surface area contributed by atoms with Crippen LogP contribution in [0.25, 0.3) is 0 Å². The van der Waals surface area contributed by atoms with Crippen LogP contribution in [-0.2, 0) is 4.79 Å². The molecule has 2 heteroatoms. The standard InChI is InChI=1S/C10H19NO/c1-3-5-9(12)10(4-2)6-7-11-8-10/h11H,3-8H2,1-2H3. The molecule has 1 N–H and O–H groups in total. The molecule has 1 heterocycles. The smallest absolute Gasteiger partial charge is 0.140 e. The highest BCUT2D eigenvalue weighted by molar-refractivity contribution is 5.85. The number of carbonyl (C=O) groups is 1. The van der Waals surface area contributed by atoms with E-state index in [4.69, 9.17) is 0 Å². The van der Waals surface area contributed by atoms with E-state index in [0.29, 0.717) is 5.78 Å². The molecule has 1 aliphatic heterocycles. The van der Waals surface area contributed by atoms with Crippen LogP contribution in [0.1, 0.15) is 39.5 Å². The molecule has 1 rings (SSSR count). The summed E-state index contributed by atoms with van der Waals surface area (Å²) in [5.41, 5.74) is -0.00396. The summed E-state index contributed by atoms with van der Waals surface area (Å²) in [5.74, 6) is 0.470.